The van der Waals surface area contributed by atoms with Gasteiger partial charge in [0.2, 0.25) is 11.8 Å². The van der Waals surface area contributed by atoms with Gasteiger partial charge in [-0.1, -0.05) is 30.3 Å². The third kappa shape index (κ3) is 4.64. The SMILES string of the molecule is CCOCC(=O)N1CCC2(CC1)CC(=O)N(CCCc1ccccc1)C2. The van der Waals surface area contributed by atoms with Crippen molar-refractivity contribution in [2.45, 2.75) is 39.0 Å². The highest BCUT2D eigenvalue weighted by atomic mass is 16.5. The zero-order valence-electron chi connectivity index (χ0n) is 15.8. The number of hydrogen-bond donors (Lipinski definition) is 0. The van der Waals surface area contributed by atoms with E-state index >= 15 is 0 Å². The molecule has 2 amide bonds. The van der Waals surface area contributed by atoms with Crippen LogP contribution < -0.4 is 0 Å². The second-order valence-electron chi connectivity index (χ2n) is 7.60. The van der Waals surface area contributed by atoms with E-state index in [0.29, 0.717) is 13.0 Å². The maximum absolute atomic E-state index is 12.5. The lowest BCUT2D eigenvalue weighted by Gasteiger charge is -2.38. The molecular weight excluding hydrogens is 328 g/mol. The van der Waals surface area contributed by atoms with Crippen LogP contribution >= 0.6 is 0 Å². The molecule has 0 unspecified atom stereocenters. The molecular formula is C21H30N2O3. The van der Waals surface area contributed by atoms with Crippen LogP contribution in [-0.2, 0) is 20.7 Å². The number of ether oxygens (including phenoxy) is 1. The predicted molar refractivity (Wildman–Crippen MR) is 101 cm³/mol. The second-order valence-corrected chi connectivity index (χ2v) is 7.60. The molecule has 1 aromatic carbocycles. The number of piperidine rings is 1. The van der Waals surface area contributed by atoms with Crippen LogP contribution in [0.15, 0.2) is 30.3 Å². The molecule has 2 aliphatic heterocycles. The molecule has 1 spiro atoms. The molecule has 142 valence electrons. The van der Waals surface area contributed by atoms with Gasteiger partial charge >= 0.3 is 0 Å². The standard InChI is InChI=1S/C21H30N2O3/c1-2-26-16-20(25)22-13-10-21(11-14-22)15-19(24)23(17-21)12-6-9-18-7-4-3-5-8-18/h3-5,7-8H,2,6,9-17H2,1H3. The van der Waals surface area contributed by atoms with E-state index in [9.17, 15) is 9.59 Å². The second kappa shape index (κ2) is 8.67. The smallest absolute Gasteiger partial charge is 0.248 e. The van der Waals surface area contributed by atoms with Crippen molar-refractivity contribution in [3.8, 4) is 0 Å². The van der Waals surface area contributed by atoms with Gasteiger partial charge in [-0.25, -0.2) is 0 Å². The Labute approximate surface area is 156 Å². The van der Waals surface area contributed by atoms with Gasteiger partial charge in [0, 0.05) is 44.6 Å². The minimum atomic E-state index is 0.0748. The van der Waals surface area contributed by atoms with Crippen molar-refractivity contribution in [2.75, 3.05) is 39.4 Å². The molecule has 0 aliphatic carbocycles. The third-order valence-electron chi connectivity index (χ3n) is 5.75. The van der Waals surface area contributed by atoms with Crippen molar-refractivity contribution in [3.63, 3.8) is 0 Å². The number of amides is 2. The number of rotatable bonds is 7. The topological polar surface area (TPSA) is 49.9 Å². The summed E-state index contributed by atoms with van der Waals surface area (Å²) < 4.78 is 5.23. The number of aryl methyl sites for hydroxylation is 1. The van der Waals surface area contributed by atoms with Crippen LogP contribution in [-0.4, -0.2) is 61.0 Å². The van der Waals surface area contributed by atoms with Crippen LogP contribution in [0.3, 0.4) is 0 Å². The highest BCUT2D eigenvalue weighted by molar-refractivity contribution is 5.80. The first kappa shape index (κ1) is 18.9. The molecule has 3 rings (SSSR count). The quantitative estimate of drug-likeness (QED) is 0.752. The van der Waals surface area contributed by atoms with Gasteiger partial charge < -0.3 is 14.5 Å². The summed E-state index contributed by atoms with van der Waals surface area (Å²) in [6.45, 7) is 5.82. The first-order chi connectivity index (χ1) is 12.6. The van der Waals surface area contributed by atoms with E-state index in [1.54, 1.807) is 0 Å². The van der Waals surface area contributed by atoms with E-state index in [2.05, 4.69) is 24.3 Å². The lowest BCUT2D eigenvalue weighted by atomic mass is 9.77. The van der Waals surface area contributed by atoms with Crippen LogP contribution in [0.5, 0.6) is 0 Å². The van der Waals surface area contributed by atoms with Gasteiger partial charge in [0.1, 0.15) is 6.61 Å². The summed E-state index contributed by atoms with van der Waals surface area (Å²) in [5, 5.41) is 0. The van der Waals surface area contributed by atoms with Gasteiger partial charge in [-0.15, -0.1) is 0 Å². The Morgan fingerprint density at radius 1 is 1.19 bits per heavy atom. The number of carbonyl (C=O) groups excluding carboxylic acids is 2. The lowest BCUT2D eigenvalue weighted by Crippen LogP contribution is -2.45. The monoisotopic (exact) mass is 358 g/mol. The summed E-state index contributed by atoms with van der Waals surface area (Å²) in [5.41, 5.74) is 1.40. The zero-order valence-corrected chi connectivity index (χ0v) is 15.8. The fourth-order valence-electron chi connectivity index (χ4n) is 4.15. The predicted octanol–water partition coefficient (Wildman–Crippen LogP) is 2.50. The Hall–Kier alpha value is -1.88. The molecule has 0 radical (unpaired) electrons. The van der Waals surface area contributed by atoms with Crippen LogP contribution in [0.1, 0.15) is 38.2 Å². The number of carbonyl (C=O) groups is 2. The number of likely N-dealkylation sites (tertiary alicyclic amines) is 2. The molecule has 0 aromatic heterocycles. The molecule has 2 aliphatic rings. The van der Waals surface area contributed by atoms with E-state index in [-0.39, 0.29) is 23.8 Å². The van der Waals surface area contributed by atoms with E-state index in [1.165, 1.54) is 5.56 Å². The number of hydrogen-bond acceptors (Lipinski definition) is 3. The average molecular weight is 358 g/mol. The van der Waals surface area contributed by atoms with Gasteiger partial charge in [-0.2, -0.15) is 0 Å². The van der Waals surface area contributed by atoms with E-state index < -0.39 is 0 Å². The fourth-order valence-corrected chi connectivity index (χ4v) is 4.15. The van der Waals surface area contributed by atoms with Crippen molar-refractivity contribution in [2.24, 2.45) is 5.41 Å². The molecule has 0 saturated carbocycles. The fraction of sp³-hybridized carbons (Fsp3) is 0.619. The van der Waals surface area contributed by atoms with Crippen LogP contribution in [0.25, 0.3) is 0 Å². The molecule has 5 nitrogen and oxygen atoms in total. The molecule has 1 aromatic rings. The van der Waals surface area contributed by atoms with E-state index in [1.807, 2.05) is 22.8 Å². The Bertz CT molecular complexity index is 609. The Balaban J connectivity index is 1.45. The van der Waals surface area contributed by atoms with E-state index in [4.69, 9.17) is 4.74 Å². The van der Waals surface area contributed by atoms with Crippen molar-refractivity contribution < 1.29 is 14.3 Å². The van der Waals surface area contributed by atoms with Gasteiger partial charge in [-0.05, 0) is 38.2 Å². The van der Waals surface area contributed by atoms with Gasteiger partial charge in [0.05, 0.1) is 0 Å². The highest BCUT2D eigenvalue weighted by Crippen LogP contribution is 2.41. The first-order valence-electron chi connectivity index (χ1n) is 9.79. The third-order valence-corrected chi connectivity index (χ3v) is 5.75. The Kier molecular flexibility index (Phi) is 6.30. The molecule has 5 heteroatoms. The highest BCUT2D eigenvalue weighted by Gasteiger charge is 2.45. The van der Waals surface area contributed by atoms with Crippen LogP contribution in [0.4, 0.5) is 0 Å². The Morgan fingerprint density at radius 2 is 1.92 bits per heavy atom. The number of benzene rings is 1. The average Bonchev–Trinajstić information content (AvgIpc) is 2.96. The summed E-state index contributed by atoms with van der Waals surface area (Å²) in [6.07, 6.45) is 4.51. The summed E-state index contributed by atoms with van der Waals surface area (Å²) in [7, 11) is 0. The van der Waals surface area contributed by atoms with E-state index in [0.717, 1.165) is 51.9 Å². The Morgan fingerprint density at radius 3 is 2.62 bits per heavy atom. The molecule has 2 heterocycles. The molecule has 2 fully saturated rings. The summed E-state index contributed by atoms with van der Waals surface area (Å²) in [6, 6.07) is 10.4. The van der Waals surface area contributed by atoms with Gasteiger partial charge in [0.15, 0.2) is 0 Å². The molecule has 0 atom stereocenters. The van der Waals surface area contributed by atoms with Crippen molar-refractivity contribution in [1.82, 2.24) is 9.80 Å². The lowest BCUT2D eigenvalue weighted by molar-refractivity contribution is -0.138. The maximum atomic E-state index is 12.5. The van der Waals surface area contributed by atoms with Gasteiger partial charge in [0.25, 0.3) is 0 Å². The molecule has 0 N–H and O–H groups in total. The summed E-state index contributed by atoms with van der Waals surface area (Å²) >= 11 is 0. The normalized spacial score (nSPS) is 19.3. The van der Waals surface area contributed by atoms with Crippen LogP contribution in [0, 0.1) is 5.41 Å². The first-order valence-corrected chi connectivity index (χ1v) is 9.79. The molecule has 2 saturated heterocycles. The summed E-state index contributed by atoms with van der Waals surface area (Å²) in [4.78, 5) is 28.5. The molecule has 26 heavy (non-hydrogen) atoms. The largest absolute Gasteiger partial charge is 0.372 e. The van der Waals surface area contributed by atoms with Gasteiger partial charge in [-0.3, -0.25) is 9.59 Å². The van der Waals surface area contributed by atoms with Crippen LogP contribution in [0.2, 0.25) is 0 Å². The summed E-state index contributed by atoms with van der Waals surface area (Å²) in [5.74, 6) is 0.359. The number of nitrogens with zero attached hydrogens (tertiary/aromatic N) is 2. The van der Waals surface area contributed by atoms with Crippen molar-refractivity contribution >= 4 is 11.8 Å². The van der Waals surface area contributed by atoms with Crippen molar-refractivity contribution in [3.05, 3.63) is 35.9 Å². The maximum Gasteiger partial charge on any atom is 0.248 e. The molecule has 0 bridgehead atoms. The zero-order chi connectivity index (χ0) is 18.4. The minimum Gasteiger partial charge on any atom is -0.372 e. The minimum absolute atomic E-state index is 0.0748. The van der Waals surface area contributed by atoms with Crippen molar-refractivity contribution in [1.29, 1.82) is 0 Å².